The smallest absolute Gasteiger partial charge is 0.313 e. The summed E-state index contributed by atoms with van der Waals surface area (Å²) in [6.45, 7) is -0.0296. The molecule has 0 aromatic heterocycles. The van der Waals surface area contributed by atoms with Crippen LogP contribution >= 0.6 is 0 Å². The maximum Gasteiger partial charge on any atom is 0.313 e. The summed E-state index contributed by atoms with van der Waals surface area (Å²) in [6, 6.07) is 12.7. The second-order valence-corrected chi connectivity index (χ2v) is 7.49. The minimum absolute atomic E-state index is 0.0296. The molecule has 1 aliphatic rings. The van der Waals surface area contributed by atoms with E-state index in [0.717, 1.165) is 35.4 Å². The Bertz CT molecular complexity index is 895. The summed E-state index contributed by atoms with van der Waals surface area (Å²) in [5.74, 6) is -0.815. The number of aryl methyl sites for hydroxylation is 1. The van der Waals surface area contributed by atoms with E-state index < -0.39 is 17.4 Å². The second-order valence-electron chi connectivity index (χ2n) is 7.49. The van der Waals surface area contributed by atoms with Gasteiger partial charge in [-0.15, -0.1) is 0 Å². The van der Waals surface area contributed by atoms with Gasteiger partial charge < -0.3 is 25.4 Å². The lowest BCUT2D eigenvalue weighted by Crippen LogP contribution is -2.46. The molecule has 0 radical (unpaired) electrons. The van der Waals surface area contributed by atoms with Crippen molar-refractivity contribution >= 4 is 23.2 Å². The van der Waals surface area contributed by atoms with Crippen molar-refractivity contribution < 1.29 is 19.4 Å². The molecule has 2 aromatic carbocycles. The summed E-state index contributed by atoms with van der Waals surface area (Å²) in [5.41, 5.74) is 2.08. The lowest BCUT2D eigenvalue weighted by molar-refractivity contribution is -0.137. The van der Waals surface area contributed by atoms with Gasteiger partial charge in [0.1, 0.15) is 11.4 Å². The molecule has 7 heteroatoms. The molecule has 0 bridgehead atoms. The number of nitrogens with one attached hydrogen (secondary N) is 2. The zero-order chi connectivity index (χ0) is 21.0. The normalized spacial score (nSPS) is 17.8. The molecule has 0 fully saturated rings. The zero-order valence-corrected chi connectivity index (χ0v) is 17.0. The molecule has 0 spiro atoms. The predicted octanol–water partition coefficient (Wildman–Crippen LogP) is 2.04. The number of hydrogen-bond acceptors (Lipinski definition) is 5. The first-order valence-electron chi connectivity index (χ1n) is 9.59. The third kappa shape index (κ3) is 4.68. The molecule has 2 amide bonds. The van der Waals surface area contributed by atoms with Gasteiger partial charge in [0.05, 0.1) is 13.7 Å². The quantitative estimate of drug-likeness (QED) is 0.672. The maximum absolute atomic E-state index is 12.3. The van der Waals surface area contributed by atoms with Gasteiger partial charge in [-0.25, -0.2) is 0 Å². The lowest BCUT2D eigenvalue weighted by Gasteiger charge is -2.34. The molecule has 0 aliphatic heterocycles. The van der Waals surface area contributed by atoms with Crippen molar-refractivity contribution in [1.82, 2.24) is 5.32 Å². The van der Waals surface area contributed by atoms with Crippen LogP contribution in [0, 0.1) is 0 Å². The fourth-order valence-corrected chi connectivity index (χ4v) is 3.58. The highest BCUT2D eigenvalue weighted by Crippen LogP contribution is 2.36. The van der Waals surface area contributed by atoms with Crippen LogP contribution in [0.25, 0.3) is 0 Å². The molecule has 7 nitrogen and oxygen atoms in total. The van der Waals surface area contributed by atoms with E-state index in [0.29, 0.717) is 12.1 Å². The predicted molar refractivity (Wildman–Crippen MR) is 112 cm³/mol. The minimum atomic E-state index is -1.21. The Kier molecular flexibility index (Phi) is 6.08. The first-order chi connectivity index (χ1) is 13.8. The molecule has 3 N–H and O–H groups in total. The molecule has 2 aromatic rings. The molecule has 1 atom stereocenters. The average Bonchev–Trinajstić information content (AvgIpc) is 2.72. The van der Waals surface area contributed by atoms with Gasteiger partial charge in [0.25, 0.3) is 0 Å². The van der Waals surface area contributed by atoms with Gasteiger partial charge in [0, 0.05) is 25.5 Å². The summed E-state index contributed by atoms with van der Waals surface area (Å²) >= 11 is 0. The van der Waals surface area contributed by atoms with E-state index in [9.17, 15) is 14.7 Å². The van der Waals surface area contributed by atoms with Crippen LogP contribution in [-0.4, -0.2) is 44.7 Å². The van der Waals surface area contributed by atoms with Crippen LogP contribution in [0.2, 0.25) is 0 Å². The highest BCUT2D eigenvalue weighted by atomic mass is 16.5. The van der Waals surface area contributed by atoms with Crippen LogP contribution in [0.3, 0.4) is 0 Å². The molecule has 0 saturated heterocycles. The molecule has 0 heterocycles. The van der Waals surface area contributed by atoms with E-state index in [-0.39, 0.29) is 6.54 Å². The number of fused-ring (bicyclic) bond motifs is 1. The van der Waals surface area contributed by atoms with E-state index in [1.165, 1.54) is 0 Å². The van der Waals surface area contributed by atoms with Gasteiger partial charge in [-0.05, 0) is 66.8 Å². The number of carbonyl (C=O) groups is 2. The number of amides is 2. The molecular formula is C22H27N3O4. The number of hydrogen-bond donors (Lipinski definition) is 3. The molecule has 154 valence electrons. The Balaban J connectivity index is 1.62. The molecule has 1 unspecified atom stereocenters. The van der Waals surface area contributed by atoms with Gasteiger partial charge in [-0.2, -0.15) is 0 Å². The fourth-order valence-electron chi connectivity index (χ4n) is 3.58. The van der Waals surface area contributed by atoms with Crippen molar-refractivity contribution in [3.63, 3.8) is 0 Å². The van der Waals surface area contributed by atoms with E-state index in [4.69, 9.17) is 4.74 Å². The Morgan fingerprint density at radius 2 is 1.86 bits per heavy atom. The average molecular weight is 397 g/mol. The number of carbonyl (C=O) groups excluding carboxylic acids is 2. The fraction of sp³-hybridized carbons (Fsp3) is 0.364. The third-order valence-corrected chi connectivity index (χ3v) is 5.24. The zero-order valence-electron chi connectivity index (χ0n) is 17.0. The van der Waals surface area contributed by atoms with Gasteiger partial charge in [0.15, 0.2) is 0 Å². The SMILES string of the molecule is COc1ccc2c(c1)CCCC2(O)CNC(=O)C(=O)Nc1ccc(N(C)C)cc1. The lowest BCUT2D eigenvalue weighted by atomic mass is 9.79. The number of methoxy groups -OCH3 is 1. The Labute approximate surface area is 170 Å². The van der Waals surface area contributed by atoms with Crippen LogP contribution in [0.15, 0.2) is 42.5 Å². The van der Waals surface area contributed by atoms with Crippen molar-refractivity contribution in [3.05, 3.63) is 53.6 Å². The van der Waals surface area contributed by atoms with Gasteiger partial charge in [0.2, 0.25) is 0 Å². The number of aliphatic hydroxyl groups is 1. The molecule has 1 aliphatic carbocycles. The molecule has 3 rings (SSSR count). The van der Waals surface area contributed by atoms with E-state index in [2.05, 4.69) is 10.6 Å². The third-order valence-electron chi connectivity index (χ3n) is 5.24. The summed E-state index contributed by atoms with van der Waals surface area (Å²) in [7, 11) is 5.44. The number of ether oxygens (including phenoxy) is 1. The highest BCUT2D eigenvalue weighted by Gasteiger charge is 2.35. The van der Waals surface area contributed by atoms with Crippen LogP contribution < -0.4 is 20.3 Å². The number of rotatable bonds is 5. The van der Waals surface area contributed by atoms with Crippen LogP contribution in [0.1, 0.15) is 24.0 Å². The van der Waals surface area contributed by atoms with Gasteiger partial charge in [-0.1, -0.05) is 6.07 Å². The summed E-state index contributed by atoms with van der Waals surface area (Å²) in [6.07, 6.45) is 2.14. The first-order valence-corrected chi connectivity index (χ1v) is 9.59. The van der Waals surface area contributed by atoms with Gasteiger partial charge in [-0.3, -0.25) is 9.59 Å². The highest BCUT2D eigenvalue weighted by molar-refractivity contribution is 6.39. The van der Waals surface area contributed by atoms with Crippen LogP contribution in [0.5, 0.6) is 5.75 Å². The standard InChI is InChI=1S/C22H27N3O4/c1-25(2)17-8-6-16(7-9-17)24-21(27)20(26)23-14-22(28)12-4-5-15-13-18(29-3)10-11-19(15)22/h6-11,13,28H,4-5,12,14H2,1-3H3,(H,23,26)(H,24,27). The summed E-state index contributed by atoms with van der Waals surface area (Å²) < 4.78 is 5.25. The van der Waals surface area contributed by atoms with Crippen molar-refractivity contribution in [2.45, 2.75) is 24.9 Å². The Hall–Kier alpha value is -3.06. The first kappa shape index (κ1) is 20.7. The van der Waals surface area contributed by atoms with Crippen molar-refractivity contribution in [3.8, 4) is 5.75 Å². The molecule has 29 heavy (non-hydrogen) atoms. The number of anilines is 2. The topological polar surface area (TPSA) is 90.9 Å². The van der Waals surface area contributed by atoms with Crippen LogP contribution in [0.4, 0.5) is 11.4 Å². The van der Waals surface area contributed by atoms with Crippen LogP contribution in [-0.2, 0) is 21.6 Å². The Morgan fingerprint density at radius 1 is 1.14 bits per heavy atom. The maximum atomic E-state index is 12.3. The van der Waals surface area contributed by atoms with E-state index >= 15 is 0 Å². The summed E-state index contributed by atoms with van der Waals surface area (Å²) in [4.78, 5) is 26.4. The number of nitrogens with zero attached hydrogens (tertiary/aromatic N) is 1. The minimum Gasteiger partial charge on any atom is -0.497 e. The Morgan fingerprint density at radius 3 is 2.52 bits per heavy atom. The number of benzene rings is 2. The van der Waals surface area contributed by atoms with Gasteiger partial charge >= 0.3 is 11.8 Å². The molecular weight excluding hydrogens is 370 g/mol. The van der Waals surface area contributed by atoms with E-state index in [1.807, 2.05) is 43.3 Å². The monoisotopic (exact) mass is 397 g/mol. The van der Waals surface area contributed by atoms with E-state index in [1.54, 1.807) is 25.3 Å². The van der Waals surface area contributed by atoms with Crippen molar-refractivity contribution in [2.24, 2.45) is 0 Å². The largest absolute Gasteiger partial charge is 0.497 e. The van der Waals surface area contributed by atoms with Crippen molar-refractivity contribution in [1.29, 1.82) is 0 Å². The summed E-state index contributed by atoms with van der Waals surface area (Å²) in [5, 5.41) is 16.2. The molecule has 0 saturated carbocycles. The second kappa shape index (κ2) is 8.53. The van der Waals surface area contributed by atoms with Crippen molar-refractivity contribution in [2.75, 3.05) is 38.0 Å².